The third-order valence-corrected chi connectivity index (χ3v) is 5.21. The van der Waals surface area contributed by atoms with Gasteiger partial charge >= 0.3 is 0 Å². The molecule has 0 aliphatic rings. The van der Waals surface area contributed by atoms with Crippen molar-refractivity contribution in [1.29, 1.82) is 0 Å². The molecule has 0 saturated carbocycles. The number of rotatable bonds is 9. The van der Waals surface area contributed by atoms with Crippen LogP contribution in [0.25, 0.3) is 11.1 Å². The quantitative estimate of drug-likeness (QED) is 0.210. The van der Waals surface area contributed by atoms with Crippen LogP contribution in [0.5, 0.6) is 0 Å². The van der Waals surface area contributed by atoms with E-state index in [0.29, 0.717) is 0 Å². The van der Waals surface area contributed by atoms with Crippen molar-refractivity contribution in [1.82, 2.24) is 0 Å². The highest BCUT2D eigenvalue weighted by molar-refractivity contribution is 7.78. The minimum absolute atomic E-state index is 0.861. The number of hydrogen-bond acceptors (Lipinski definition) is 2. The van der Waals surface area contributed by atoms with Gasteiger partial charge in [0, 0.05) is 0 Å². The van der Waals surface area contributed by atoms with E-state index in [9.17, 15) is 0 Å². The number of hydrogen-bond donors (Lipinski definition) is 0. The van der Waals surface area contributed by atoms with Crippen LogP contribution in [-0.2, 0) is 19.3 Å². The van der Waals surface area contributed by atoms with Crippen LogP contribution >= 0.6 is 12.2 Å². The summed E-state index contributed by atoms with van der Waals surface area (Å²) >= 11 is 4.64. The minimum Gasteiger partial charge on any atom is -0.195 e. The molecule has 3 rings (SSSR count). The Hall–Kier alpha value is -2.54. The number of unbranched alkanes of at least 4 members (excludes halogenated alkanes) is 2. The second-order valence-corrected chi connectivity index (χ2v) is 7.40. The van der Waals surface area contributed by atoms with Crippen LogP contribution in [0.4, 0.5) is 5.69 Å². The zero-order chi connectivity index (χ0) is 19.6. The fourth-order valence-corrected chi connectivity index (χ4v) is 3.49. The van der Waals surface area contributed by atoms with Crippen molar-refractivity contribution in [3.63, 3.8) is 0 Å². The maximum absolute atomic E-state index is 4.64. The Kier molecular flexibility index (Phi) is 7.72. The third-order valence-electron chi connectivity index (χ3n) is 5.12. The minimum atomic E-state index is 0.861. The predicted octanol–water partition coefficient (Wildman–Crippen LogP) is 7.61. The molecule has 0 bridgehead atoms. The van der Waals surface area contributed by atoms with E-state index in [1.54, 1.807) is 0 Å². The monoisotopic (exact) mass is 385 g/mol. The van der Waals surface area contributed by atoms with Crippen molar-refractivity contribution < 1.29 is 0 Å². The first-order chi connectivity index (χ1) is 13.8. The van der Waals surface area contributed by atoms with Gasteiger partial charge < -0.3 is 0 Å². The van der Waals surface area contributed by atoms with Crippen molar-refractivity contribution in [2.24, 2.45) is 4.99 Å². The molecule has 0 aromatic heterocycles. The Morgan fingerprint density at radius 2 is 1.11 bits per heavy atom. The van der Waals surface area contributed by atoms with Gasteiger partial charge in [0.25, 0.3) is 0 Å². The lowest BCUT2D eigenvalue weighted by molar-refractivity contribution is 0.717. The van der Waals surface area contributed by atoms with E-state index < -0.39 is 0 Å². The van der Waals surface area contributed by atoms with E-state index >= 15 is 0 Å². The summed E-state index contributed by atoms with van der Waals surface area (Å²) in [6, 6.07) is 26.2. The highest BCUT2D eigenvalue weighted by Gasteiger charge is 2.01. The Balaban J connectivity index is 1.56. The molecular weight excluding hydrogens is 358 g/mol. The summed E-state index contributed by atoms with van der Waals surface area (Å²) in [4.78, 5) is 3.99. The van der Waals surface area contributed by atoms with Crippen LogP contribution in [0.15, 0.2) is 77.8 Å². The zero-order valence-electron chi connectivity index (χ0n) is 16.5. The molecule has 0 heterocycles. The van der Waals surface area contributed by atoms with E-state index in [0.717, 1.165) is 18.5 Å². The predicted molar refractivity (Wildman–Crippen MR) is 124 cm³/mol. The topological polar surface area (TPSA) is 12.4 Å². The van der Waals surface area contributed by atoms with Gasteiger partial charge in [0.1, 0.15) is 0 Å². The Morgan fingerprint density at radius 3 is 1.57 bits per heavy atom. The van der Waals surface area contributed by atoms with Crippen molar-refractivity contribution in [3.05, 3.63) is 89.5 Å². The maximum atomic E-state index is 4.64. The third kappa shape index (κ3) is 5.99. The number of benzene rings is 3. The van der Waals surface area contributed by atoms with Crippen LogP contribution < -0.4 is 0 Å². The smallest absolute Gasteiger partial charge is 0.0739 e. The van der Waals surface area contributed by atoms with Gasteiger partial charge in [-0.05, 0) is 77.9 Å². The number of thiocarbonyl (C=S) groups is 1. The van der Waals surface area contributed by atoms with Crippen LogP contribution in [0.3, 0.4) is 0 Å². The number of aryl methyl sites for hydroxylation is 3. The first-order valence-electron chi connectivity index (χ1n) is 10.1. The van der Waals surface area contributed by atoms with Gasteiger partial charge in [-0.15, -0.1) is 0 Å². The van der Waals surface area contributed by atoms with Crippen molar-refractivity contribution in [3.8, 4) is 11.1 Å². The van der Waals surface area contributed by atoms with Crippen molar-refractivity contribution >= 4 is 23.1 Å². The highest BCUT2D eigenvalue weighted by atomic mass is 32.1. The molecule has 2 heteroatoms. The molecule has 142 valence electrons. The number of aliphatic imine (C=N–C) groups is 1. The molecule has 0 atom stereocenters. The van der Waals surface area contributed by atoms with E-state index in [1.165, 1.54) is 53.5 Å². The van der Waals surface area contributed by atoms with Gasteiger partial charge in [0.2, 0.25) is 0 Å². The summed E-state index contributed by atoms with van der Waals surface area (Å²) in [5.41, 5.74) is 7.55. The Bertz CT molecular complexity index is 902. The first kappa shape index (κ1) is 20.2. The van der Waals surface area contributed by atoms with Crippen LogP contribution in [0, 0.1) is 0 Å². The molecule has 0 aliphatic carbocycles. The van der Waals surface area contributed by atoms with Gasteiger partial charge in [-0.1, -0.05) is 80.4 Å². The van der Waals surface area contributed by atoms with Gasteiger partial charge in [-0.3, -0.25) is 0 Å². The summed E-state index contributed by atoms with van der Waals surface area (Å²) in [7, 11) is 0. The van der Waals surface area contributed by atoms with Crippen molar-refractivity contribution in [2.45, 2.75) is 45.4 Å². The fraction of sp³-hybridized carbons (Fsp3) is 0.269. The molecule has 0 N–H and O–H groups in total. The number of isothiocyanates is 1. The molecule has 3 aromatic rings. The summed E-state index contributed by atoms with van der Waals surface area (Å²) in [5.74, 6) is 0. The lowest BCUT2D eigenvalue weighted by Crippen LogP contribution is -1.91. The molecule has 0 spiro atoms. The SMILES string of the molecule is CCCCCc1ccc(-c2ccc(CCc3ccc(N=C=S)cc3)cc2)cc1. The molecule has 0 amide bonds. The largest absolute Gasteiger partial charge is 0.195 e. The summed E-state index contributed by atoms with van der Waals surface area (Å²) in [6.45, 7) is 2.25. The van der Waals surface area contributed by atoms with Crippen LogP contribution in [-0.4, -0.2) is 5.16 Å². The second-order valence-electron chi connectivity index (χ2n) is 7.22. The zero-order valence-corrected chi connectivity index (χ0v) is 17.3. The second kappa shape index (κ2) is 10.7. The Labute approximate surface area is 174 Å². The van der Waals surface area contributed by atoms with Crippen molar-refractivity contribution in [2.75, 3.05) is 0 Å². The van der Waals surface area contributed by atoms with Gasteiger partial charge in [-0.25, -0.2) is 0 Å². The summed E-state index contributed by atoms with van der Waals surface area (Å²) in [6.07, 6.45) is 7.12. The molecule has 3 aromatic carbocycles. The lowest BCUT2D eigenvalue weighted by atomic mass is 9.98. The van der Waals surface area contributed by atoms with Gasteiger partial charge in [0.05, 0.1) is 10.8 Å². The van der Waals surface area contributed by atoms with E-state index in [4.69, 9.17) is 0 Å². The lowest BCUT2D eigenvalue weighted by Gasteiger charge is -2.07. The van der Waals surface area contributed by atoms with Gasteiger partial charge in [-0.2, -0.15) is 4.99 Å². The Morgan fingerprint density at radius 1 is 0.643 bits per heavy atom. The van der Waals surface area contributed by atoms with E-state index in [2.05, 4.69) is 90.0 Å². The van der Waals surface area contributed by atoms with Gasteiger partial charge in [0.15, 0.2) is 0 Å². The van der Waals surface area contributed by atoms with E-state index in [1.807, 2.05) is 12.1 Å². The molecule has 0 fully saturated rings. The normalized spacial score (nSPS) is 10.5. The average Bonchev–Trinajstić information content (AvgIpc) is 2.75. The highest BCUT2D eigenvalue weighted by Crippen LogP contribution is 2.22. The molecule has 28 heavy (non-hydrogen) atoms. The number of nitrogens with zero attached hydrogens (tertiary/aromatic N) is 1. The van der Waals surface area contributed by atoms with E-state index in [-0.39, 0.29) is 0 Å². The molecule has 1 nitrogen and oxygen atoms in total. The average molecular weight is 386 g/mol. The molecular formula is C26H27NS. The standard InChI is InChI=1S/C26H27NS/c1-2-3-4-5-21-8-14-24(15-9-21)25-16-10-22(11-17-25)6-7-23-12-18-26(19-13-23)27-20-28/h8-19H,2-7H2,1H3. The fourth-order valence-electron chi connectivity index (χ4n) is 3.39. The summed E-state index contributed by atoms with van der Waals surface area (Å²) in [5, 5.41) is 2.40. The maximum Gasteiger partial charge on any atom is 0.0739 e. The molecule has 0 aliphatic heterocycles. The molecule has 0 unspecified atom stereocenters. The molecule has 0 saturated heterocycles. The van der Waals surface area contributed by atoms with Crippen LogP contribution in [0.1, 0.15) is 42.9 Å². The summed E-state index contributed by atoms with van der Waals surface area (Å²) < 4.78 is 0. The molecule has 0 radical (unpaired) electrons. The van der Waals surface area contributed by atoms with Crippen LogP contribution in [0.2, 0.25) is 0 Å². The first-order valence-corrected chi connectivity index (χ1v) is 10.5.